The highest BCUT2D eigenvalue weighted by Crippen LogP contribution is 2.64. The first-order valence-corrected chi connectivity index (χ1v) is 8.80. The zero-order valence-electron chi connectivity index (χ0n) is 12.4. The molecular formula is C17H20BrNO3. The summed E-state index contributed by atoms with van der Waals surface area (Å²) in [5.74, 6) is 0.932. The fourth-order valence-corrected chi connectivity index (χ4v) is 6.71. The van der Waals surface area contributed by atoms with Crippen LogP contribution >= 0.6 is 15.9 Å². The van der Waals surface area contributed by atoms with Crippen molar-refractivity contribution in [1.82, 2.24) is 4.98 Å². The lowest BCUT2D eigenvalue weighted by molar-refractivity contribution is -0.168. The molecule has 4 aliphatic carbocycles. The second kappa shape index (κ2) is 4.95. The van der Waals surface area contributed by atoms with E-state index in [4.69, 9.17) is 4.74 Å². The highest BCUT2D eigenvalue weighted by molar-refractivity contribution is 9.10. The summed E-state index contributed by atoms with van der Waals surface area (Å²) in [6, 6.07) is 3.47. The quantitative estimate of drug-likeness (QED) is 0.504. The van der Waals surface area contributed by atoms with Gasteiger partial charge in [0.1, 0.15) is 0 Å². The number of hydrogen-bond donors (Lipinski definition) is 1. The normalized spacial score (nSPS) is 39.0. The molecule has 2 atom stereocenters. The van der Waals surface area contributed by atoms with Crippen LogP contribution in [0.15, 0.2) is 18.3 Å². The van der Waals surface area contributed by atoms with Gasteiger partial charge in [-0.15, -0.1) is 0 Å². The topological polar surface area (TPSA) is 59.2 Å². The van der Waals surface area contributed by atoms with Crippen molar-refractivity contribution in [3.63, 3.8) is 0 Å². The van der Waals surface area contributed by atoms with E-state index in [0.29, 0.717) is 17.5 Å². The van der Waals surface area contributed by atoms with E-state index in [1.54, 1.807) is 18.3 Å². The van der Waals surface area contributed by atoms with E-state index in [1.165, 1.54) is 19.3 Å². The van der Waals surface area contributed by atoms with Gasteiger partial charge in [-0.3, -0.25) is 9.59 Å². The second-order valence-corrected chi connectivity index (χ2v) is 9.16. The number of hydrogen-bond acceptors (Lipinski definition) is 3. The molecule has 0 unspecified atom stereocenters. The summed E-state index contributed by atoms with van der Waals surface area (Å²) in [7, 11) is 0. The average Bonchev–Trinajstić information content (AvgIpc) is 2.95. The number of alkyl halides is 1. The first-order chi connectivity index (χ1) is 10.5. The van der Waals surface area contributed by atoms with Crippen LogP contribution in [0.5, 0.6) is 0 Å². The molecule has 4 saturated carbocycles. The Morgan fingerprint density at radius 2 is 2.00 bits per heavy atom. The number of carbonyl (C=O) groups excluding carboxylic acids is 2. The Labute approximate surface area is 138 Å². The molecule has 4 nitrogen and oxygen atoms in total. The lowest BCUT2D eigenvalue weighted by atomic mass is 9.49. The number of carbonyl (C=O) groups is 2. The van der Waals surface area contributed by atoms with Crippen molar-refractivity contribution in [2.24, 2.45) is 17.3 Å². The van der Waals surface area contributed by atoms with Crippen LogP contribution in [0.2, 0.25) is 0 Å². The van der Waals surface area contributed by atoms with Gasteiger partial charge in [-0.25, -0.2) is 0 Å². The number of ether oxygens (including phenoxy) is 1. The Bertz CT molecular complexity index is 595. The van der Waals surface area contributed by atoms with Crippen LogP contribution in [-0.4, -0.2) is 27.7 Å². The van der Waals surface area contributed by atoms with Crippen molar-refractivity contribution in [2.75, 3.05) is 6.61 Å². The van der Waals surface area contributed by atoms with E-state index in [-0.39, 0.29) is 28.1 Å². The monoisotopic (exact) mass is 365 g/mol. The van der Waals surface area contributed by atoms with Crippen LogP contribution in [0.1, 0.15) is 49.0 Å². The Morgan fingerprint density at radius 1 is 1.27 bits per heavy atom. The molecule has 5 heteroatoms. The van der Waals surface area contributed by atoms with Gasteiger partial charge in [0.15, 0.2) is 6.61 Å². The minimum atomic E-state index is -0.358. The Hall–Kier alpha value is -1.10. The zero-order valence-corrected chi connectivity index (χ0v) is 14.0. The largest absolute Gasteiger partial charge is 0.457 e. The molecule has 1 N–H and O–H groups in total. The predicted molar refractivity (Wildman–Crippen MR) is 84.9 cm³/mol. The van der Waals surface area contributed by atoms with Crippen LogP contribution in [0.4, 0.5) is 0 Å². The molecule has 0 spiro atoms. The van der Waals surface area contributed by atoms with Crippen LogP contribution in [-0.2, 0) is 9.53 Å². The van der Waals surface area contributed by atoms with Gasteiger partial charge in [0, 0.05) is 10.5 Å². The van der Waals surface area contributed by atoms with Gasteiger partial charge in [0.2, 0.25) is 5.78 Å². The number of nitrogens with one attached hydrogen (secondary N) is 1. The molecule has 1 aromatic heterocycles. The van der Waals surface area contributed by atoms with E-state index in [0.717, 1.165) is 19.3 Å². The molecule has 4 aliphatic rings. The maximum Gasteiger partial charge on any atom is 0.312 e. The third kappa shape index (κ3) is 2.34. The van der Waals surface area contributed by atoms with Gasteiger partial charge in [-0.2, -0.15) is 0 Å². The SMILES string of the molecule is O=C(COC(=O)C12C[C@H]3C[C@@H](CC(Br)(C3)C1)C2)c1ccc[nH]1. The number of esters is 1. The summed E-state index contributed by atoms with van der Waals surface area (Å²) >= 11 is 3.89. The highest BCUT2D eigenvalue weighted by atomic mass is 79.9. The van der Waals surface area contributed by atoms with E-state index in [9.17, 15) is 9.59 Å². The van der Waals surface area contributed by atoms with Gasteiger partial charge in [0.05, 0.1) is 11.1 Å². The molecule has 22 heavy (non-hydrogen) atoms. The van der Waals surface area contributed by atoms with Crippen molar-refractivity contribution in [3.05, 3.63) is 24.0 Å². The molecule has 118 valence electrons. The number of ketones is 1. The van der Waals surface area contributed by atoms with E-state index >= 15 is 0 Å². The lowest BCUT2D eigenvalue weighted by Gasteiger charge is -2.58. The molecule has 0 radical (unpaired) electrons. The molecule has 1 aromatic rings. The van der Waals surface area contributed by atoms with E-state index in [1.807, 2.05) is 0 Å². The second-order valence-electron chi connectivity index (χ2n) is 7.48. The fourth-order valence-electron chi connectivity index (χ4n) is 5.26. The van der Waals surface area contributed by atoms with Gasteiger partial charge in [-0.1, -0.05) is 15.9 Å². The lowest BCUT2D eigenvalue weighted by Crippen LogP contribution is -2.56. The number of halogens is 1. The Balaban J connectivity index is 1.45. The van der Waals surface area contributed by atoms with Gasteiger partial charge in [-0.05, 0) is 62.5 Å². The number of aromatic nitrogens is 1. The number of aromatic amines is 1. The van der Waals surface area contributed by atoms with Gasteiger partial charge < -0.3 is 9.72 Å². The molecule has 1 heterocycles. The summed E-state index contributed by atoms with van der Waals surface area (Å²) in [4.78, 5) is 27.5. The first kappa shape index (κ1) is 14.5. The zero-order chi connectivity index (χ0) is 15.4. The van der Waals surface area contributed by atoms with Crippen LogP contribution in [0.25, 0.3) is 0 Å². The summed E-state index contributed by atoms with van der Waals surface area (Å²) in [6.07, 6.45) is 8.05. The fraction of sp³-hybridized carbons (Fsp3) is 0.647. The van der Waals surface area contributed by atoms with Crippen LogP contribution in [0.3, 0.4) is 0 Å². The van der Waals surface area contributed by atoms with E-state index in [2.05, 4.69) is 20.9 Å². The summed E-state index contributed by atoms with van der Waals surface area (Å²) in [5, 5.41) is 0. The smallest absolute Gasteiger partial charge is 0.312 e. The molecule has 0 aromatic carbocycles. The third-order valence-electron chi connectivity index (χ3n) is 5.66. The maximum atomic E-state index is 12.7. The number of H-pyrrole nitrogens is 1. The van der Waals surface area contributed by atoms with Crippen molar-refractivity contribution >= 4 is 27.7 Å². The minimum Gasteiger partial charge on any atom is -0.457 e. The molecule has 0 amide bonds. The van der Waals surface area contributed by atoms with Gasteiger partial charge >= 0.3 is 5.97 Å². The minimum absolute atomic E-state index is 0.125. The number of Topliss-reactive ketones (excluding diaryl/α,β-unsaturated/α-hetero) is 1. The van der Waals surface area contributed by atoms with Crippen molar-refractivity contribution in [2.45, 2.75) is 42.8 Å². The average molecular weight is 366 g/mol. The Kier molecular flexibility index (Phi) is 3.26. The third-order valence-corrected chi connectivity index (χ3v) is 6.58. The van der Waals surface area contributed by atoms with Crippen molar-refractivity contribution in [3.8, 4) is 0 Å². The van der Waals surface area contributed by atoms with Crippen molar-refractivity contribution in [1.29, 1.82) is 0 Å². The highest BCUT2D eigenvalue weighted by Gasteiger charge is 2.60. The molecule has 5 rings (SSSR count). The van der Waals surface area contributed by atoms with Crippen molar-refractivity contribution < 1.29 is 14.3 Å². The molecule has 0 saturated heterocycles. The van der Waals surface area contributed by atoms with Crippen LogP contribution in [0, 0.1) is 17.3 Å². The first-order valence-electron chi connectivity index (χ1n) is 8.01. The number of rotatable bonds is 4. The summed E-state index contributed by atoms with van der Waals surface area (Å²) in [6.45, 7) is -0.161. The van der Waals surface area contributed by atoms with E-state index < -0.39 is 0 Å². The maximum absolute atomic E-state index is 12.7. The summed E-state index contributed by atoms with van der Waals surface area (Å²) < 4.78 is 5.55. The molecule has 4 fully saturated rings. The molecule has 4 bridgehead atoms. The predicted octanol–water partition coefficient (Wildman–Crippen LogP) is 3.47. The Morgan fingerprint density at radius 3 is 2.59 bits per heavy atom. The molecular weight excluding hydrogens is 346 g/mol. The molecule has 0 aliphatic heterocycles. The van der Waals surface area contributed by atoms with Gasteiger partial charge in [0.25, 0.3) is 0 Å². The summed E-state index contributed by atoms with van der Waals surface area (Å²) in [5.41, 5.74) is 0.138. The standard InChI is InChI=1S/C17H20BrNO3/c18-17-7-11-4-12(8-17)6-16(5-11,10-17)15(21)22-9-14(20)13-2-1-3-19-13/h1-3,11-12,19H,4-10H2/t11-,12-,16?,17?/m1/s1. The van der Waals surface area contributed by atoms with Crippen LogP contribution < -0.4 is 0 Å².